The number of methoxy groups -OCH3 is 1. The number of hydrogen-bond donors (Lipinski definition) is 4. The van der Waals surface area contributed by atoms with Crippen molar-refractivity contribution in [1.29, 1.82) is 0 Å². The highest BCUT2D eigenvalue weighted by Crippen LogP contribution is 2.46. The second-order valence-electron chi connectivity index (χ2n) is 18.0. The van der Waals surface area contributed by atoms with Crippen LogP contribution in [0.3, 0.4) is 0 Å². The summed E-state index contributed by atoms with van der Waals surface area (Å²) in [7, 11) is 1.68. The average Bonchev–Trinajstić information content (AvgIpc) is 3.63. The average molecular weight is 855 g/mol. The topological polar surface area (TPSA) is 183 Å². The number of piperazine rings is 1. The number of hydrogen-bond acceptors (Lipinski definition) is 12. The molecule has 2 aliphatic heterocycles. The maximum absolute atomic E-state index is 16.2. The van der Waals surface area contributed by atoms with Crippen molar-refractivity contribution in [2.24, 2.45) is 5.92 Å². The molecule has 2 saturated heterocycles. The highest BCUT2D eigenvalue weighted by molar-refractivity contribution is 6.13. The van der Waals surface area contributed by atoms with Gasteiger partial charge in [0.1, 0.15) is 23.5 Å². The second kappa shape index (κ2) is 16.0. The molecule has 1 unspecified atom stereocenters. The summed E-state index contributed by atoms with van der Waals surface area (Å²) in [4.78, 5) is 58.5. The quantitative estimate of drug-likeness (QED) is 0.0959. The number of aromatic nitrogens is 5. The van der Waals surface area contributed by atoms with E-state index in [9.17, 15) is 14.4 Å². The maximum Gasteiger partial charge on any atom is 0.315 e. The van der Waals surface area contributed by atoms with E-state index in [0.717, 1.165) is 85.5 Å². The van der Waals surface area contributed by atoms with Crippen LogP contribution in [0.1, 0.15) is 97.5 Å². The van der Waals surface area contributed by atoms with Gasteiger partial charge in [0.25, 0.3) is 0 Å². The lowest BCUT2D eigenvalue weighted by Crippen LogP contribution is -2.53. The van der Waals surface area contributed by atoms with Gasteiger partial charge in [-0.3, -0.25) is 24.6 Å². The number of carbonyl (C=O) groups is 3. The number of amides is 3. The number of halogens is 1. The summed E-state index contributed by atoms with van der Waals surface area (Å²) in [5.74, 6) is 0.116. The number of aryl methyl sites for hydroxylation is 1. The van der Waals surface area contributed by atoms with Gasteiger partial charge in [-0.15, -0.1) is 0 Å². The van der Waals surface area contributed by atoms with Crippen LogP contribution < -0.4 is 25.6 Å². The van der Waals surface area contributed by atoms with E-state index in [0.29, 0.717) is 65.0 Å². The SMILES string of the molecule is COc1cc2c(cc1N1CCN(C3CC(c4ccc(NCC5CCC(=O)NC5=O)cc4)C3)CC1)[nH]c1ncnc(-c3cc(C)c([C@@H](C)NC(=O)c4nc(C5(C)CC5)no4)cc3F)c12. The molecule has 0 spiro atoms. The molecule has 6 aromatic rings. The van der Waals surface area contributed by atoms with Crippen molar-refractivity contribution < 1.29 is 28.0 Å². The Balaban J connectivity index is 0.789. The lowest BCUT2D eigenvalue weighted by atomic mass is 9.75. The van der Waals surface area contributed by atoms with Gasteiger partial charge in [0.15, 0.2) is 5.82 Å². The Bertz CT molecular complexity index is 2750. The second-order valence-corrected chi connectivity index (χ2v) is 18.0. The van der Waals surface area contributed by atoms with Gasteiger partial charge in [0.2, 0.25) is 11.8 Å². The predicted molar refractivity (Wildman–Crippen MR) is 235 cm³/mol. The molecule has 15 nitrogen and oxygen atoms in total. The number of rotatable bonds is 12. The van der Waals surface area contributed by atoms with Gasteiger partial charge >= 0.3 is 11.8 Å². The van der Waals surface area contributed by atoms with Gasteiger partial charge in [-0.2, -0.15) is 4.98 Å². The minimum atomic E-state index is -0.532. The lowest BCUT2D eigenvalue weighted by molar-refractivity contribution is -0.135. The molecule has 0 bridgehead atoms. The Morgan fingerprint density at radius 1 is 1.06 bits per heavy atom. The van der Waals surface area contributed by atoms with Crippen molar-refractivity contribution in [3.05, 3.63) is 89.1 Å². The van der Waals surface area contributed by atoms with Gasteiger partial charge in [0.05, 0.1) is 41.4 Å². The summed E-state index contributed by atoms with van der Waals surface area (Å²) in [6, 6.07) is 15.9. The highest BCUT2D eigenvalue weighted by Gasteiger charge is 2.44. The van der Waals surface area contributed by atoms with Gasteiger partial charge in [-0.25, -0.2) is 14.4 Å². The van der Waals surface area contributed by atoms with Crippen molar-refractivity contribution >= 4 is 51.0 Å². The first-order chi connectivity index (χ1) is 30.4. The number of nitrogens with zero attached hydrogens (tertiary/aromatic N) is 6. The summed E-state index contributed by atoms with van der Waals surface area (Å²) >= 11 is 0. The van der Waals surface area contributed by atoms with Crippen LogP contribution in [0.15, 0.2) is 59.4 Å². The van der Waals surface area contributed by atoms with Gasteiger partial charge in [-0.05, 0) is 105 Å². The molecule has 0 radical (unpaired) electrons. The molecule has 4 fully saturated rings. The third kappa shape index (κ3) is 7.74. The summed E-state index contributed by atoms with van der Waals surface area (Å²) in [6.07, 6.45) is 6.57. The number of aromatic amines is 1. The molecule has 2 saturated carbocycles. The van der Waals surface area contributed by atoms with E-state index in [1.807, 2.05) is 19.9 Å². The van der Waals surface area contributed by atoms with Crippen molar-refractivity contribution in [3.8, 4) is 17.0 Å². The van der Waals surface area contributed by atoms with E-state index in [2.05, 4.69) is 81.2 Å². The van der Waals surface area contributed by atoms with Crippen molar-refractivity contribution in [2.45, 2.75) is 82.7 Å². The Hall–Kier alpha value is -6.42. The van der Waals surface area contributed by atoms with Crippen LogP contribution in [0.25, 0.3) is 33.2 Å². The molecule has 3 amide bonds. The van der Waals surface area contributed by atoms with Crippen LogP contribution in [0.5, 0.6) is 5.75 Å². The summed E-state index contributed by atoms with van der Waals surface area (Å²) in [5, 5.41) is 14.2. The first-order valence-electron chi connectivity index (χ1n) is 21.9. The zero-order valence-corrected chi connectivity index (χ0v) is 35.9. The summed E-state index contributed by atoms with van der Waals surface area (Å²) in [6.45, 7) is 9.83. The number of ether oxygens (including phenoxy) is 1. The molecule has 3 aromatic heterocycles. The fraction of sp³-hybridized carbons (Fsp3) is 0.426. The van der Waals surface area contributed by atoms with E-state index in [-0.39, 0.29) is 29.0 Å². The Kier molecular flexibility index (Phi) is 10.4. The first kappa shape index (κ1) is 40.6. The maximum atomic E-state index is 16.2. The zero-order valence-electron chi connectivity index (χ0n) is 35.9. The monoisotopic (exact) mass is 854 g/mol. The molecule has 2 atom stereocenters. The molecular formula is C47H51FN10O5. The lowest BCUT2D eigenvalue weighted by Gasteiger charge is -2.47. The molecule has 4 N–H and O–H groups in total. The molecule has 2 aliphatic carbocycles. The van der Waals surface area contributed by atoms with E-state index in [1.54, 1.807) is 20.1 Å². The highest BCUT2D eigenvalue weighted by atomic mass is 19.1. The molecule has 4 aliphatic rings. The fourth-order valence-electron chi connectivity index (χ4n) is 9.54. The van der Waals surface area contributed by atoms with Crippen LogP contribution in [0, 0.1) is 18.7 Å². The third-order valence-corrected chi connectivity index (χ3v) is 13.8. The van der Waals surface area contributed by atoms with E-state index >= 15 is 4.39 Å². The molecule has 10 rings (SSSR count). The van der Waals surface area contributed by atoms with Crippen LogP contribution >= 0.6 is 0 Å². The molecule has 5 heterocycles. The minimum Gasteiger partial charge on any atom is -0.495 e. The number of benzene rings is 3. The van der Waals surface area contributed by atoms with Gasteiger partial charge in [-0.1, -0.05) is 24.2 Å². The van der Waals surface area contributed by atoms with Gasteiger partial charge < -0.3 is 29.8 Å². The summed E-state index contributed by atoms with van der Waals surface area (Å²) in [5.41, 5.74) is 6.82. The Morgan fingerprint density at radius 3 is 2.57 bits per heavy atom. The number of nitrogens with one attached hydrogen (secondary N) is 4. The molecule has 16 heteroatoms. The van der Waals surface area contributed by atoms with Crippen molar-refractivity contribution in [1.82, 2.24) is 40.6 Å². The molecular weight excluding hydrogens is 804 g/mol. The van der Waals surface area contributed by atoms with E-state index in [4.69, 9.17) is 9.26 Å². The summed E-state index contributed by atoms with van der Waals surface area (Å²) < 4.78 is 27.5. The Labute approximate surface area is 363 Å². The Morgan fingerprint density at radius 2 is 1.84 bits per heavy atom. The number of carbonyl (C=O) groups excluding carboxylic acids is 3. The van der Waals surface area contributed by atoms with Crippen molar-refractivity contribution in [3.63, 3.8) is 0 Å². The molecule has 63 heavy (non-hydrogen) atoms. The number of anilines is 2. The predicted octanol–water partition coefficient (Wildman–Crippen LogP) is 6.69. The van der Waals surface area contributed by atoms with Crippen LogP contribution in [0.2, 0.25) is 0 Å². The first-order valence-corrected chi connectivity index (χ1v) is 21.9. The molecule has 3 aromatic carbocycles. The number of piperidine rings is 1. The van der Waals surface area contributed by atoms with Crippen molar-refractivity contribution in [2.75, 3.05) is 50.1 Å². The third-order valence-electron chi connectivity index (χ3n) is 13.8. The smallest absolute Gasteiger partial charge is 0.315 e. The van der Waals surface area contributed by atoms with Crippen LogP contribution in [-0.4, -0.2) is 93.6 Å². The van der Waals surface area contributed by atoms with Gasteiger partial charge in [0, 0.05) is 67.2 Å². The number of H-pyrrole nitrogens is 1. The number of fused-ring (bicyclic) bond motifs is 3. The van der Waals surface area contributed by atoms with E-state index in [1.165, 1.54) is 18.0 Å². The number of imide groups is 1. The van der Waals surface area contributed by atoms with Crippen LogP contribution in [0.4, 0.5) is 15.8 Å². The molecule has 326 valence electrons. The normalized spacial score (nSPS) is 21.5. The zero-order chi connectivity index (χ0) is 43.6. The van der Waals surface area contributed by atoms with E-state index < -0.39 is 17.8 Å². The fourth-order valence-corrected chi connectivity index (χ4v) is 9.54. The standard InChI is InChI=1S/C47H51FN10O5/c1-25-17-33(35(48)20-32(25)26(2)52-44(61)45-55-46(56-63-45)47(3)11-12-47)41-40-34-21-38(62-4)37(22-36(34)53-42(40)51-24-50-41)58-15-13-57(14-16-58)31-18-29(19-31)27-5-8-30(9-6-27)49-23-28-7-10-39(59)54-43(28)60/h5-6,8-9,17,20-22,24,26,28-29,31,49H,7,10-16,18-19,23H2,1-4H3,(H,52,61)(H,50,51,53)(H,54,59,60)/t26-,28?,29?,31?/m1/s1. The van der Waals surface area contributed by atoms with Crippen LogP contribution in [-0.2, 0) is 15.0 Å². The largest absolute Gasteiger partial charge is 0.495 e. The minimum absolute atomic E-state index is 0.105.